The summed E-state index contributed by atoms with van der Waals surface area (Å²) in [6.07, 6.45) is 0. The zero-order valence-corrected chi connectivity index (χ0v) is 11.4. The minimum Gasteiger partial charge on any atom is -0.381 e. The molecule has 0 atom stereocenters. The number of nitrogen functional groups attached to an aromatic ring is 1. The highest BCUT2D eigenvalue weighted by atomic mass is 79.9. The Morgan fingerprint density at radius 1 is 1.69 bits per heavy atom. The van der Waals surface area contributed by atoms with E-state index in [0.717, 1.165) is 0 Å². The maximum Gasteiger partial charge on any atom is 0.246 e. The number of rotatable bonds is 4. The van der Waals surface area contributed by atoms with E-state index in [1.54, 1.807) is 14.0 Å². The maximum atomic E-state index is 11.9. The number of hydrogen-bond donors (Lipinski definition) is 2. The largest absolute Gasteiger partial charge is 0.381 e. The van der Waals surface area contributed by atoms with Gasteiger partial charge in [-0.25, -0.2) is 13.1 Å². The van der Waals surface area contributed by atoms with Crippen molar-refractivity contribution in [2.75, 3.05) is 12.3 Å². The van der Waals surface area contributed by atoms with Crippen molar-refractivity contribution in [3.63, 3.8) is 0 Å². The number of anilines is 1. The van der Waals surface area contributed by atoms with E-state index in [1.807, 2.05) is 0 Å². The minimum absolute atomic E-state index is 0.00677. The lowest BCUT2D eigenvalue weighted by Crippen LogP contribution is -2.25. The van der Waals surface area contributed by atoms with Crippen LogP contribution in [0.5, 0.6) is 0 Å². The van der Waals surface area contributed by atoms with E-state index < -0.39 is 10.0 Å². The predicted octanol–water partition coefficient (Wildman–Crippen LogP) is 0.498. The van der Waals surface area contributed by atoms with Gasteiger partial charge in [-0.2, -0.15) is 5.10 Å². The van der Waals surface area contributed by atoms with Crippen molar-refractivity contribution in [1.82, 2.24) is 14.5 Å². The molecule has 0 aromatic carbocycles. The van der Waals surface area contributed by atoms with Crippen LogP contribution in [0, 0.1) is 6.92 Å². The SMILES string of the molecule is C=C(Br)CNS(=O)(=O)c1c(N)nn(C)c1C. The van der Waals surface area contributed by atoms with Crippen LogP contribution in [0.1, 0.15) is 5.69 Å². The molecule has 0 unspecified atom stereocenters. The van der Waals surface area contributed by atoms with Crippen LogP contribution in [0.25, 0.3) is 0 Å². The molecule has 0 radical (unpaired) electrons. The minimum atomic E-state index is -3.65. The average molecular weight is 309 g/mol. The van der Waals surface area contributed by atoms with E-state index in [2.05, 4.69) is 32.3 Å². The Morgan fingerprint density at radius 3 is 2.62 bits per heavy atom. The second-order valence-corrected chi connectivity index (χ2v) is 6.09. The van der Waals surface area contributed by atoms with Crippen molar-refractivity contribution in [3.8, 4) is 0 Å². The molecule has 90 valence electrons. The standard InChI is InChI=1S/C8H13BrN4O2S/c1-5(9)4-11-16(14,15)7-6(2)13(3)12-8(7)10/h11H,1,4H2,2-3H3,(H2,10,12). The molecule has 6 nitrogen and oxygen atoms in total. The van der Waals surface area contributed by atoms with E-state index in [0.29, 0.717) is 10.2 Å². The molecular formula is C8H13BrN4O2S. The van der Waals surface area contributed by atoms with Crippen molar-refractivity contribution < 1.29 is 8.42 Å². The van der Waals surface area contributed by atoms with Crippen LogP contribution in [0.4, 0.5) is 5.82 Å². The number of nitrogens with one attached hydrogen (secondary N) is 1. The summed E-state index contributed by atoms with van der Waals surface area (Å²) in [5.74, 6) is -0.00677. The monoisotopic (exact) mass is 308 g/mol. The molecular weight excluding hydrogens is 296 g/mol. The van der Waals surface area contributed by atoms with E-state index in [1.165, 1.54) is 4.68 Å². The van der Waals surface area contributed by atoms with Crippen LogP contribution in [0.3, 0.4) is 0 Å². The summed E-state index contributed by atoms with van der Waals surface area (Å²) in [6.45, 7) is 5.29. The van der Waals surface area contributed by atoms with Crippen LogP contribution in [-0.4, -0.2) is 24.7 Å². The summed E-state index contributed by atoms with van der Waals surface area (Å²) in [6, 6.07) is 0. The van der Waals surface area contributed by atoms with Gasteiger partial charge in [0.05, 0.1) is 5.69 Å². The molecule has 1 rings (SSSR count). The molecule has 0 bridgehead atoms. The lowest BCUT2D eigenvalue weighted by Gasteiger charge is -2.05. The number of hydrogen-bond acceptors (Lipinski definition) is 4. The third-order valence-electron chi connectivity index (χ3n) is 2.03. The summed E-state index contributed by atoms with van der Waals surface area (Å²) >= 11 is 3.07. The molecule has 0 fully saturated rings. The molecule has 1 aromatic rings. The molecule has 1 aromatic heterocycles. The van der Waals surface area contributed by atoms with Gasteiger partial charge in [-0.05, 0) is 6.92 Å². The predicted molar refractivity (Wildman–Crippen MR) is 65.6 cm³/mol. The van der Waals surface area contributed by atoms with Gasteiger partial charge in [0.2, 0.25) is 10.0 Å². The fourth-order valence-electron chi connectivity index (χ4n) is 1.19. The lowest BCUT2D eigenvalue weighted by molar-refractivity contribution is 0.584. The molecule has 16 heavy (non-hydrogen) atoms. The Bertz CT molecular complexity index is 520. The summed E-state index contributed by atoms with van der Waals surface area (Å²) in [5, 5.41) is 3.85. The Morgan fingerprint density at radius 2 is 2.25 bits per heavy atom. The Hall–Kier alpha value is -0.860. The average Bonchev–Trinajstić information content (AvgIpc) is 2.38. The summed E-state index contributed by atoms with van der Waals surface area (Å²) in [5.41, 5.74) is 6.04. The van der Waals surface area contributed by atoms with Crippen molar-refractivity contribution in [2.45, 2.75) is 11.8 Å². The van der Waals surface area contributed by atoms with Gasteiger partial charge in [-0.3, -0.25) is 4.68 Å². The number of sulfonamides is 1. The van der Waals surface area contributed by atoms with Crippen LogP contribution >= 0.6 is 15.9 Å². The molecule has 0 saturated carbocycles. The summed E-state index contributed by atoms with van der Waals surface area (Å²) in [4.78, 5) is 0.0174. The Balaban J connectivity index is 3.12. The molecule has 0 aliphatic heterocycles. The van der Waals surface area contributed by atoms with E-state index in [9.17, 15) is 8.42 Å². The second-order valence-electron chi connectivity index (χ2n) is 3.27. The van der Waals surface area contributed by atoms with Gasteiger partial charge < -0.3 is 5.73 Å². The number of aryl methyl sites for hydroxylation is 1. The first-order valence-corrected chi connectivity index (χ1v) is 6.65. The van der Waals surface area contributed by atoms with Gasteiger partial charge in [0.1, 0.15) is 4.90 Å². The van der Waals surface area contributed by atoms with Gasteiger partial charge in [0, 0.05) is 18.1 Å². The highest BCUT2D eigenvalue weighted by Crippen LogP contribution is 2.20. The van der Waals surface area contributed by atoms with Crippen LogP contribution in [0.15, 0.2) is 16.0 Å². The quantitative estimate of drug-likeness (QED) is 0.847. The van der Waals surface area contributed by atoms with E-state index >= 15 is 0 Å². The van der Waals surface area contributed by atoms with Crippen LogP contribution in [-0.2, 0) is 17.1 Å². The fourth-order valence-corrected chi connectivity index (χ4v) is 2.86. The van der Waals surface area contributed by atoms with E-state index in [-0.39, 0.29) is 17.3 Å². The number of nitrogens with zero attached hydrogens (tertiary/aromatic N) is 2. The number of halogens is 1. The first-order chi connectivity index (χ1) is 7.25. The second kappa shape index (κ2) is 4.56. The third kappa shape index (κ3) is 2.63. The van der Waals surface area contributed by atoms with Crippen molar-refractivity contribution in [3.05, 3.63) is 16.8 Å². The van der Waals surface area contributed by atoms with Crippen LogP contribution in [0.2, 0.25) is 0 Å². The van der Waals surface area contributed by atoms with E-state index in [4.69, 9.17) is 5.73 Å². The highest BCUT2D eigenvalue weighted by molar-refractivity contribution is 9.11. The zero-order chi connectivity index (χ0) is 12.5. The number of nitrogens with two attached hydrogens (primary N) is 1. The molecule has 3 N–H and O–H groups in total. The smallest absolute Gasteiger partial charge is 0.246 e. The molecule has 0 amide bonds. The first kappa shape index (κ1) is 13.2. The zero-order valence-electron chi connectivity index (χ0n) is 8.99. The lowest BCUT2D eigenvalue weighted by atomic mass is 10.5. The Labute approximate surface area is 103 Å². The van der Waals surface area contributed by atoms with Crippen molar-refractivity contribution in [2.24, 2.45) is 7.05 Å². The van der Waals surface area contributed by atoms with Crippen molar-refractivity contribution >= 4 is 31.8 Å². The van der Waals surface area contributed by atoms with Crippen molar-refractivity contribution in [1.29, 1.82) is 0 Å². The first-order valence-electron chi connectivity index (χ1n) is 4.37. The molecule has 0 saturated heterocycles. The van der Waals surface area contributed by atoms with Crippen LogP contribution < -0.4 is 10.5 Å². The summed E-state index contributed by atoms with van der Waals surface area (Å²) in [7, 11) is -2.01. The molecule has 0 aliphatic rings. The highest BCUT2D eigenvalue weighted by Gasteiger charge is 2.24. The third-order valence-corrected chi connectivity index (χ3v) is 3.87. The van der Waals surface area contributed by atoms with Gasteiger partial charge >= 0.3 is 0 Å². The van der Waals surface area contributed by atoms with Gasteiger partial charge in [-0.15, -0.1) is 0 Å². The van der Waals surface area contributed by atoms with Gasteiger partial charge in [-0.1, -0.05) is 22.5 Å². The van der Waals surface area contributed by atoms with Gasteiger partial charge in [0.15, 0.2) is 5.82 Å². The molecule has 0 spiro atoms. The molecule has 8 heteroatoms. The normalized spacial score (nSPS) is 11.7. The van der Waals surface area contributed by atoms with Gasteiger partial charge in [0.25, 0.3) is 0 Å². The molecule has 1 heterocycles. The number of aromatic nitrogens is 2. The maximum absolute atomic E-state index is 11.9. The molecule has 0 aliphatic carbocycles. The Kier molecular flexibility index (Phi) is 3.76. The topological polar surface area (TPSA) is 90.0 Å². The summed E-state index contributed by atoms with van der Waals surface area (Å²) < 4.78 is 28.1. The fraction of sp³-hybridized carbons (Fsp3) is 0.375.